The minimum absolute atomic E-state index is 0.0669. The molecule has 0 radical (unpaired) electrons. The first kappa shape index (κ1) is 19.0. The van der Waals surface area contributed by atoms with E-state index in [1.807, 2.05) is 30.3 Å². The number of rotatable bonds is 6. The summed E-state index contributed by atoms with van der Waals surface area (Å²) in [5, 5.41) is 10.6. The summed E-state index contributed by atoms with van der Waals surface area (Å²) in [6.07, 6.45) is 3.08. The highest BCUT2D eigenvalue weighted by molar-refractivity contribution is 5.94. The third-order valence-corrected chi connectivity index (χ3v) is 3.89. The van der Waals surface area contributed by atoms with Crippen LogP contribution in [-0.2, 0) is 11.3 Å². The molecule has 3 aromatic rings. The van der Waals surface area contributed by atoms with Gasteiger partial charge in [-0.2, -0.15) is 0 Å². The van der Waals surface area contributed by atoms with E-state index in [0.29, 0.717) is 17.3 Å². The first-order valence-electron chi connectivity index (χ1n) is 8.68. The van der Waals surface area contributed by atoms with Crippen molar-refractivity contribution in [3.05, 3.63) is 77.7 Å². The summed E-state index contributed by atoms with van der Waals surface area (Å²) in [5.41, 5.74) is 2.23. The molecule has 0 aliphatic heterocycles. The largest absolute Gasteiger partial charge is 0.419 e. The molecule has 142 valence electrons. The molecule has 0 bridgehead atoms. The molecule has 0 aliphatic rings. The Balaban J connectivity index is 1.53. The molecule has 0 saturated heterocycles. The minimum Gasteiger partial charge on any atom is -0.419 e. The van der Waals surface area contributed by atoms with E-state index in [0.717, 1.165) is 11.1 Å². The molecule has 0 fully saturated rings. The van der Waals surface area contributed by atoms with Crippen LogP contribution in [0.3, 0.4) is 0 Å². The van der Waals surface area contributed by atoms with Crippen molar-refractivity contribution in [1.29, 1.82) is 0 Å². The van der Waals surface area contributed by atoms with Gasteiger partial charge in [0.25, 0.3) is 5.91 Å². The van der Waals surface area contributed by atoms with E-state index in [4.69, 9.17) is 4.42 Å². The molecule has 0 aliphatic carbocycles. The van der Waals surface area contributed by atoms with Gasteiger partial charge in [0.2, 0.25) is 17.7 Å². The number of carbonyl (C=O) groups excluding carboxylic acids is 2. The Morgan fingerprint density at radius 3 is 2.43 bits per heavy atom. The number of hydrogen-bond acceptors (Lipinski definition) is 5. The number of nitrogens with one attached hydrogen (secondary N) is 1. The lowest BCUT2D eigenvalue weighted by Gasteiger charge is -2.09. The molecule has 1 aromatic heterocycles. The van der Waals surface area contributed by atoms with Gasteiger partial charge >= 0.3 is 0 Å². The summed E-state index contributed by atoms with van der Waals surface area (Å²) < 4.78 is 5.54. The lowest BCUT2D eigenvalue weighted by atomic mass is 10.1. The Kier molecular flexibility index (Phi) is 5.96. The van der Waals surface area contributed by atoms with E-state index in [-0.39, 0.29) is 18.4 Å². The van der Waals surface area contributed by atoms with Gasteiger partial charge in [-0.05, 0) is 35.9 Å². The smallest absolute Gasteiger partial charge is 0.253 e. The lowest BCUT2D eigenvalue weighted by Crippen LogP contribution is -2.21. The molecule has 2 aromatic carbocycles. The van der Waals surface area contributed by atoms with Crippen LogP contribution in [0.4, 0.5) is 0 Å². The Morgan fingerprint density at radius 2 is 1.75 bits per heavy atom. The molecular weight excluding hydrogens is 356 g/mol. The highest BCUT2D eigenvalue weighted by Gasteiger charge is 2.09. The fraction of sp³-hybridized carbons (Fsp3) is 0.143. The molecule has 1 heterocycles. The second-order valence-electron chi connectivity index (χ2n) is 6.24. The van der Waals surface area contributed by atoms with Crippen molar-refractivity contribution >= 4 is 17.9 Å². The van der Waals surface area contributed by atoms with Crippen LogP contribution in [0.25, 0.3) is 17.5 Å². The predicted octanol–water partition coefficient (Wildman–Crippen LogP) is 2.77. The van der Waals surface area contributed by atoms with Gasteiger partial charge in [-0.1, -0.05) is 30.3 Å². The Hall–Kier alpha value is -3.74. The third-order valence-electron chi connectivity index (χ3n) is 3.89. The van der Waals surface area contributed by atoms with Crippen molar-refractivity contribution in [2.45, 2.75) is 6.54 Å². The fourth-order valence-electron chi connectivity index (χ4n) is 2.41. The van der Waals surface area contributed by atoms with E-state index in [9.17, 15) is 9.59 Å². The van der Waals surface area contributed by atoms with Crippen molar-refractivity contribution < 1.29 is 14.0 Å². The number of amides is 2. The Labute approximate surface area is 162 Å². The van der Waals surface area contributed by atoms with Gasteiger partial charge in [0, 0.05) is 31.3 Å². The van der Waals surface area contributed by atoms with Crippen LogP contribution in [0.2, 0.25) is 0 Å². The van der Waals surface area contributed by atoms with Crippen molar-refractivity contribution in [2.24, 2.45) is 0 Å². The van der Waals surface area contributed by atoms with Gasteiger partial charge in [0.05, 0.1) is 6.54 Å². The van der Waals surface area contributed by atoms with E-state index < -0.39 is 0 Å². The number of aromatic nitrogens is 2. The lowest BCUT2D eigenvalue weighted by molar-refractivity contribution is -0.116. The molecule has 7 heteroatoms. The maximum Gasteiger partial charge on any atom is 0.253 e. The predicted molar refractivity (Wildman–Crippen MR) is 105 cm³/mol. The van der Waals surface area contributed by atoms with Crippen LogP contribution in [0.1, 0.15) is 21.8 Å². The van der Waals surface area contributed by atoms with E-state index in [1.165, 1.54) is 11.0 Å². The highest BCUT2D eigenvalue weighted by Crippen LogP contribution is 2.16. The van der Waals surface area contributed by atoms with Crippen LogP contribution in [0.5, 0.6) is 0 Å². The van der Waals surface area contributed by atoms with Gasteiger partial charge in [-0.15, -0.1) is 10.2 Å². The number of nitrogens with zero attached hydrogens (tertiary/aromatic N) is 3. The highest BCUT2D eigenvalue weighted by atomic mass is 16.4. The molecular formula is C21H20N4O3. The Morgan fingerprint density at radius 1 is 1.04 bits per heavy atom. The summed E-state index contributed by atoms with van der Waals surface area (Å²) in [6, 6.07) is 16.4. The monoisotopic (exact) mass is 376 g/mol. The molecule has 0 unspecified atom stereocenters. The maximum atomic E-state index is 12.0. The second-order valence-corrected chi connectivity index (χ2v) is 6.24. The summed E-state index contributed by atoms with van der Waals surface area (Å²) in [5.74, 6) is 0.385. The van der Waals surface area contributed by atoms with Gasteiger partial charge in [0.1, 0.15) is 0 Å². The zero-order chi connectivity index (χ0) is 19.9. The van der Waals surface area contributed by atoms with E-state index in [1.54, 1.807) is 44.4 Å². The van der Waals surface area contributed by atoms with E-state index in [2.05, 4.69) is 15.5 Å². The fourth-order valence-corrected chi connectivity index (χ4v) is 2.41. The van der Waals surface area contributed by atoms with Crippen LogP contribution in [-0.4, -0.2) is 41.0 Å². The van der Waals surface area contributed by atoms with Crippen molar-refractivity contribution in [1.82, 2.24) is 20.4 Å². The average molecular weight is 376 g/mol. The number of hydrogen-bond donors (Lipinski definition) is 1. The van der Waals surface area contributed by atoms with Gasteiger partial charge in [0.15, 0.2) is 0 Å². The standard InChI is InChI=1S/C21H20N4O3/c1-25(2)21(27)17-11-8-15(9-12-17)10-13-18(26)22-14-19-23-24-20(28-19)16-6-4-3-5-7-16/h3-13H,14H2,1-2H3,(H,22,26)/b13-10+. The second kappa shape index (κ2) is 8.77. The van der Waals surface area contributed by atoms with Gasteiger partial charge < -0.3 is 14.6 Å². The maximum absolute atomic E-state index is 12.0. The number of benzene rings is 2. The molecule has 3 rings (SSSR count). The molecule has 28 heavy (non-hydrogen) atoms. The summed E-state index contributed by atoms with van der Waals surface area (Å²) in [4.78, 5) is 25.4. The van der Waals surface area contributed by atoms with Crippen LogP contribution in [0.15, 0.2) is 65.1 Å². The average Bonchev–Trinajstić information content (AvgIpc) is 3.20. The first-order valence-corrected chi connectivity index (χ1v) is 8.68. The molecule has 1 N–H and O–H groups in total. The SMILES string of the molecule is CN(C)C(=O)c1ccc(/C=C/C(=O)NCc2nnc(-c3ccccc3)o2)cc1. The van der Waals surface area contributed by atoms with Crippen molar-refractivity contribution in [3.8, 4) is 11.5 Å². The quantitative estimate of drug-likeness (QED) is 0.669. The summed E-state index contributed by atoms with van der Waals surface area (Å²) >= 11 is 0. The topological polar surface area (TPSA) is 88.3 Å². The van der Waals surface area contributed by atoms with E-state index >= 15 is 0 Å². The van der Waals surface area contributed by atoms with Crippen LogP contribution < -0.4 is 5.32 Å². The summed E-state index contributed by atoms with van der Waals surface area (Å²) in [7, 11) is 3.40. The van der Waals surface area contributed by atoms with Crippen molar-refractivity contribution in [3.63, 3.8) is 0 Å². The zero-order valence-corrected chi connectivity index (χ0v) is 15.6. The van der Waals surface area contributed by atoms with Crippen molar-refractivity contribution in [2.75, 3.05) is 14.1 Å². The molecule has 0 saturated carbocycles. The van der Waals surface area contributed by atoms with Gasteiger partial charge in [-0.3, -0.25) is 9.59 Å². The van der Waals surface area contributed by atoms with Crippen LogP contribution in [0, 0.1) is 0 Å². The normalized spacial score (nSPS) is 10.8. The zero-order valence-electron chi connectivity index (χ0n) is 15.6. The first-order chi connectivity index (χ1) is 13.5. The molecule has 2 amide bonds. The number of carbonyl (C=O) groups is 2. The molecule has 0 atom stereocenters. The molecule has 7 nitrogen and oxygen atoms in total. The minimum atomic E-state index is -0.284. The summed E-state index contributed by atoms with van der Waals surface area (Å²) in [6.45, 7) is 0.138. The van der Waals surface area contributed by atoms with Crippen LogP contribution >= 0.6 is 0 Å². The molecule has 0 spiro atoms. The third kappa shape index (κ3) is 4.91. The van der Waals surface area contributed by atoms with Gasteiger partial charge in [-0.25, -0.2) is 0 Å². The Bertz CT molecular complexity index is 976.